The van der Waals surface area contributed by atoms with Crippen LogP contribution in [0.3, 0.4) is 0 Å². The summed E-state index contributed by atoms with van der Waals surface area (Å²) in [4.78, 5) is 25.0. The highest BCUT2D eigenvalue weighted by atomic mass is 16.1. The van der Waals surface area contributed by atoms with Crippen molar-refractivity contribution >= 4 is 11.7 Å². The maximum atomic E-state index is 12.5. The molecule has 1 N–H and O–H groups in total. The first kappa shape index (κ1) is 18.3. The molecule has 2 aliphatic rings. The van der Waals surface area contributed by atoms with Gasteiger partial charge in [-0.15, -0.1) is 12.3 Å². The van der Waals surface area contributed by atoms with Gasteiger partial charge in [-0.05, 0) is 23.8 Å². The Kier molecular flexibility index (Phi) is 5.22. The van der Waals surface area contributed by atoms with Gasteiger partial charge in [0.15, 0.2) is 11.4 Å². The molecule has 0 bridgehead atoms. The van der Waals surface area contributed by atoms with E-state index in [-0.39, 0.29) is 22.8 Å². The van der Waals surface area contributed by atoms with Gasteiger partial charge in [-0.2, -0.15) is 10.2 Å². The van der Waals surface area contributed by atoms with Gasteiger partial charge in [0.25, 0.3) is 0 Å². The maximum absolute atomic E-state index is 12.5. The molecule has 0 aromatic heterocycles. The van der Waals surface area contributed by atoms with E-state index in [4.69, 9.17) is 6.42 Å². The Hall–Kier alpha value is -2.48. The minimum atomic E-state index is -0.373. The summed E-state index contributed by atoms with van der Waals surface area (Å²) in [6.45, 7) is 2.59. The minimum absolute atomic E-state index is 0.00761. The first-order chi connectivity index (χ1) is 12.5. The predicted molar refractivity (Wildman–Crippen MR) is 99.7 cm³/mol. The van der Waals surface area contributed by atoms with Gasteiger partial charge in [0, 0.05) is 44.2 Å². The quantitative estimate of drug-likeness (QED) is 0.726. The van der Waals surface area contributed by atoms with Crippen LogP contribution in [0.25, 0.3) is 0 Å². The Labute approximate surface area is 154 Å². The topological polar surface area (TPSA) is 70.9 Å². The molecule has 0 saturated heterocycles. The van der Waals surface area contributed by atoms with Crippen molar-refractivity contribution in [2.45, 2.75) is 57.5 Å². The molecule has 5 nitrogen and oxygen atoms in total. The third-order valence-electron chi connectivity index (χ3n) is 5.60. The van der Waals surface area contributed by atoms with E-state index in [1.807, 2.05) is 24.3 Å². The molecule has 136 valence electrons. The lowest BCUT2D eigenvalue weighted by atomic mass is 9.67. The first-order valence-corrected chi connectivity index (χ1v) is 9.27. The Balaban J connectivity index is 1.55. The van der Waals surface area contributed by atoms with E-state index < -0.39 is 0 Å². The third kappa shape index (κ3) is 4.01. The molecule has 1 aliphatic heterocycles. The number of hydrogen-bond donors (Lipinski definition) is 1. The number of benzene rings is 1. The molecule has 1 unspecified atom stereocenters. The second-order valence-electron chi connectivity index (χ2n) is 7.45. The Morgan fingerprint density at radius 1 is 1.27 bits per heavy atom. The van der Waals surface area contributed by atoms with Crippen LogP contribution in [-0.4, -0.2) is 23.9 Å². The second-order valence-corrected chi connectivity index (χ2v) is 7.45. The number of amides is 1. The molecule has 0 spiro atoms. The summed E-state index contributed by atoms with van der Waals surface area (Å²) >= 11 is 0. The maximum Gasteiger partial charge on any atom is 0.220 e. The fraction of sp³-hybridized carbons (Fsp3) is 0.524. The molecule has 0 fully saturated rings. The summed E-state index contributed by atoms with van der Waals surface area (Å²) in [5, 5.41) is 11.1. The number of nitrogens with zero attached hydrogens (tertiary/aromatic N) is 2. The molecule has 1 aromatic carbocycles. The number of rotatable bonds is 8. The highest BCUT2D eigenvalue weighted by molar-refractivity contribution is 5.99. The van der Waals surface area contributed by atoms with E-state index in [0.717, 1.165) is 30.4 Å². The summed E-state index contributed by atoms with van der Waals surface area (Å²) in [7, 11) is 0. The lowest BCUT2D eigenvalue weighted by molar-refractivity contribution is -0.123. The van der Waals surface area contributed by atoms with Gasteiger partial charge in [-0.1, -0.05) is 31.2 Å². The molecule has 1 aliphatic carbocycles. The van der Waals surface area contributed by atoms with Crippen molar-refractivity contribution in [2.75, 3.05) is 6.54 Å². The van der Waals surface area contributed by atoms with Crippen LogP contribution in [-0.2, 0) is 11.2 Å². The number of fused-ring (bicyclic) bond motifs is 1. The highest BCUT2D eigenvalue weighted by Crippen LogP contribution is 2.41. The fourth-order valence-corrected chi connectivity index (χ4v) is 3.82. The van der Waals surface area contributed by atoms with Crippen LogP contribution in [0.15, 0.2) is 34.5 Å². The lowest BCUT2D eigenvalue weighted by Gasteiger charge is -2.36. The van der Waals surface area contributed by atoms with Crippen molar-refractivity contribution < 1.29 is 9.59 Å². The number of carbonyl (C=O) groups is 2. The van der Waals surface area contributed by atoms with Gasteiger partial charge in [0.05, 0.1) is 0 Å². The van der Waals surface area contributed by atoms with E-state index in [1.54, 1.807) is 0 Å². The summed E-state index contributed by atoms with van der Waals surface area (Å²) in [6, 6.07) is 7.73. The van der Waals surface area contributed by atoms with Gasteiger partial charge in [0.2, 0.25) is 5.91 Å². The van der Waals surface area contributed by atoms with E-state index in [1.165, 1.54) is 0 Å². The minimum Gasteiger partial charge on any atom is -0.356 e. The smallest absolute Gasteiger partial charge is 0.220 e. The Bertz CT molecular complexity index is 772. The number of ketones is 1. The number of hydrogen-bond acceptors (Lipinski definition) is 4. The van der Waals surface area contributed by atoms with Gasteiger partial charge in [-0.25, -0.2) is 0 Å². The molecule has 0 radical (unpaired) electrons. The van der Waals surface area contributed by atoms with Crippen LogP contribution in [0.2, 0.25) is 0 Å². The normalized spacial score (nSPS) is 22.4. The third-order valence-corrected chi connectivity index (χ3v) is 5.60. The number of nitrogens with one attached hydrogen (secondary N) is 1. The zero-order valence-corrected chi connectivity index (χ0v) is 15.3. The first-order valence-electron chi connectivity index (χ1n) is 9.27. The van der Waals surface area contributed by atoms with Crippen molar-refractivity contribution in [3.63, 3.8) is 0 Å². The standard InChI is InChI=1S/C21H25N3O2/c1-3-5-10-21(23-24-21)11-12-22-19(26)15-20(4-2)13-16-8-6-7-9-17(16)18(25)14-20/h1,6-9H,4-5,10-15H2,2H3,(H,22,26). The summed E-state index contributed by atoms with van der Waals surface area (Å²) in [5.74, 6) is 2.74. The van der Waals surface area contributed by atoms with Crippen LogP contribution in [0.5, 0.6) is 0 Å². The highest BCUT2D eigenvalue weighted by Gasteiger charge is 2.40. The predicted octanol–water partition coefficient (Wildman–Crippen LogP) is 3.68. The van der Waals surface area contributed by atoms with Crippen LogP contribution >= 0.6 is 0 Å². The molecule has 1 atom stereocenters. The van der Waals surface area contributed by atoms with Crippen molar-refractivity contribution in [3.05, 3.63) is 35.4 Å². The Morgan fingerprint density at radius 3 is 2.73 bits per heavy atom. The SMILES string of the molecule is C#CCCC1(CCNC(=O)CC2(CC)CC(=O)c3ccccc3C2)N=N1. The second kappa shape index (κ2) is 7.41. The molecule has 1 heterocycles. The molecule has 1 aromatic rings. The summed E-state index contributed by atoms with van der Waals surface area (Å²) in [6.07, 6.45) is 9.73. The van der Waals surface area contributed by atoms with E-state index in [2.05, 4.69) is 28.4 Å². The average Bonchev–Trinajstić information content (AvgIpc) is 3.40. The zero-order valence-electron chi connectivity index (χ0n) is 15.3. The van der Waals surface area contributed by atoms with Crippen LogP contribution < -0.4 is 5.32 Å². The molecular formula is C21H25N3O2. The van der Waals surface area contributed by atoms with Crippen molar-refractivity contribution in [3.8, 4) is 12.3 Å². The van der Waals surface area contributed by atoms with Crippen molar-refractivity contribution in [1.29, 1.82) is 0 Å². The van der Waals surface area contributed by atoms with Gasteiger partial charge >= 0.3 is 0 Å². The molecule has 5 heteroatoms. The van der Waals surface area contributed by atoms with Gasteiger partial charge < -0.3 is 5.32 Å². The number of carbonyl (C=O) groups excluding carboxylic acids is 2. The van der Waals surface area contributed by atoms with Crippen LogP contribution in [0, 0.1) is 17.8 Å². The fourth-order valence-electron chi connectivity index (χ4n) is 3.82. The van der Waals surface area contributed by atoms with Crippen LogP contribution in [0.4, 0.5) is 0 Å². The van der Waals surface area contributed by atoms with Gasteiger partial charge in [0.1, 0.15) is 0 Å². The molecular weight excluding hydrogens is 326 g/mol. The average molecular weight is 351 g/mol. The summed E-state index contributed by atoms with van der Waals surface area (Å²) < 4.78 is 0. The lowest BCUT2D eigenvalue weighted by Crippen LogP contribution is -2.38. The number of terminal acetylenes is 1. The van der Waals surface area contributed by atoms with E-state index in [9.17, 15) is 9.59 Å². The summed E-state index contributed by atoms with van der Waals surface area (Å²) in [5.41, 5.74) is 1.21. The largest absolute Gasteiger partial charge is 0.356 e. The Morgan fingerprint density at radius 2 is 2.04 bits per heavy atom. The van der Waals surface area contributed by atoms with Crippen molar-refractivity contribution in [1.82, 2.24) is 5.32 Å². The molecule has 26 heavy (non-hydrogen) atoms. The zero-order chi connectivity index (χ0) is 18.6. The monoisotopic (exact) mass is 351 g/mol. The molecule has 1 amide bonds. The van der Waals surface area contributed by atoms with E-state index in [0.29, 0.717) is 32.2 Å². The van der Waals surface area contributed by atoms with Gasteiger partial charge in [-0.3, -0.25) is 9.59 Å². The van der Waals surface area contributed by atoms with Crippen LogP contribution in [0.1, 0.15) is 61.4 Å². The molecule has 0 saturated carbocycles. The number of Topliss-reactive ketones (excluding diaryl/α,β-unsaturated/α-hetero) is 1. The van der Waals surface area contributed by atoms with Crippen molar-refractivity contribution in [2.24, 2.45) is 15.6 Å². The molecule has 3 rings (SSSR count). The van der Waals surface area contributed by atoms with E-state index >= 15 is 0 Å².